The van der Waals surface area contributed by atoms with E-state index in [1.807, 2.05) is 18.2 Å². The molecule has 0 bridgehead atoms. The van der Waals surface area contributed by atoms with Crippen molar-refractivity contribution in [1.29, 1.82) is 0 Å². The van der Waals surface area contributed by atoms with Crippen molar-refractivity contribution in [2.24, 2.45) is 5.92 Å². The van der Waals surface area contributed by atoms with Crippen LogP contribution in [-0.4, -0.2) is 13.1 Å². The van der Waals surface area contributed by atoms with Crippen molar-refractivity contribution in [3.05, 3.63) is 77.1 Å². The van der Waals surface area contributed by atoms with Gasteiger partial charge in [-0.05, 0) is 41.7 Å². The fraction of sp³-hybridized carbons (Fsp3) is 0.250. The molecule has 1 heterocycles. The molecule has 1 aliphatic carbocycles. The van der Waals surface area contributed by atoms with Crippen LogP contribution in [0, 0.1) is 11.7 Å². The number of rotatable bonds is 2. The van der Waals surface area contributed by atoms with Crippen LogP contribution in [0.25, 0.3) is 0 Å². The van der Waals surface area contributed by atoms with E-state index < -0.39 is 0 Å². The van der Waals surface area contributed by atoms with E-state index in [0.29, 0.717) is 17.2 Å². The number of esters is 1. The average molecular weight is 323 g/mol. The molecule has 0 saturated carbocycles. The number of allylic oxidation sites excluding steroid dienone is 2. The molecule has 0 saturated heterocycles. The van der Waals surface area contributed by atoms with Gasteiger partial charge in [0.1, 0.15) is 5.82 Å². The lowest BCUT2D eigenvalue weighted by Crippen LogP contribution is -2.29. The van der Waals surface area contributed by atoms with Crippen molar-refractivity contribution in [3.63, 3.8) is 0 Å². The van der Waals surface area contributed by atoms with Gasteiger partial charge in [-0.15, -0.1) is 0 Å². The third-order valence-electron chi connectivity index (χ3n) is 5.04. The normalized spacial score (nSPS) is 24.0. The highest BCUT2D eigenvalue weighted by atomic mass is 19.1. The Morgan fingerprint density at radius 1 is 1.21 bits per heavy atom. The Hall–Kier alpha value is -2.62. The van der Waals surface area contributed by atoms with Crippen LogP contribution >= 0.6 is 0 Å². The van der Waals surface area contributed by atoms with E-state index >= 15 is 0 Å². The molecule has 4 heteroatoms. The highest BCUT2D eigenvalue weighted by Gasteiger charge is 2.38. The number of carbonyl (C=O) groups is 1. The Balaban J connectivity index is 1.71. The molecule has 0 amide bonds. The molecule has 2 aliphatic rings. The molecule has 0 fully saturated rings. The second-order valence-corrected chi connectivity index (χ2v) is 6.29. The van der Waals surface area contributed by atoms with E-state index in [-0.39, 0.29) is 23.7 Å². The maximum atomic E-state index is 14.3. The number of para-hydroxylation sites is 1. The van der Waals surface area contributed by atoms with Crippen molar-refractivity contribution in [1.82, 2.24) is 0 Å². The number of hydrogen-bond acceptors (Lipinski definition) is 3. The highest BCUT2D eigenvalue weighted by molar-refractivity contribution is 5.89. The SMILES string of the molecule is COC(=O)c1ccc(C2Nc3c(F)cccc3C3C=CCC32)cc1. The van der Waals surface area contributed by atoms with Gasteiger partial charge in [-0.1, -0.05) is 36.4 Å². The predicted octanol–water partition coefficient (Wildman–Crippen LogP) is 4.44. The molecule has 2 aromatic carbocycles. The largest absolute Gasteiger partial charge is 0.465 e. The third-order valence-corrected chi connectivity index (χ3v) is 5.04. The fourth-order valence-electron chi connectivity index (χ4n) is 3.86. The number of halogens is 1. The number of carbonyl (C=O) groups excluding carboxylic acids is 1. The molecule has 122 valence electrons. The van der Waals surface area contributed by atoms with E-state index in [2.05, 4.69) is 17.5 Å². The number of anilines is 1. The Morgan fingerprint density at radius 3 is 2.75 bits per heavy atom. The Labute approximate surface area is 140 Å². The van der Waals surface area contributed by atoms with E-state index in [9.17, 15) is 9.18 Å². The van der Waals surface area contributed by atoms with Crippen molar-refractivity contribution >= 4 is 11.7 Å². The number of methoxy groups -OCH3 is 1. The molecule has 1 aliphatic heterocycles. The summed E-state index contributed by atoms with van der Waals surface area (Å²) in [6.45, 7) is 0. The van der Waals surface area contributed by atoms with Gasteiger partial charge in [0.05, 0.1) is 24.4 Å². The zero-order valence-electron chi connectivity index (χ0n) is 13.3. The van der Waals surface area contributed by atoms with Crippen LogP contribution in [0.5, 0.6) is 0 Å². The van der Waals surface area contributed by atoms with Gasteiger partial charge >= 0.3 is 5.97 Å². The second kappa shape index (κ2) is 5.78. The Bertz CT molecular complexity index is 813. The standard InChI is InChI=1S/C20H18FNO2/c1-24-20(23)13-10-8-12(9-11-13)18-15-5-2-4-14(15)16-6-3-7-17(21)19(16)22-18/h2-4,6-11,14-15,18,22H,5H2,1H3. The summed E-state index contributed by atoms with van der Waals surface area (Å²) in [6.07, 6.45) is 5.31. The lowest BCUT2D eigenvalue weighted by molar-refractivity contribution is 0.0600. The van der Waals surface area contributed by atoms with Crippen LogP contribution in [0.2, 0.25) is 0 Å². The molecule has 3 nitrogen and oxygen atoms in total. The minimum Gasteiger partial charge on any atom is -0.465 e. The van der Waals surface area contributed by atoms with Crippen molar-refractivity contribution < 1.29 is 13.9 Å². The lowest BCUT2D eigenvalue weighted by Gasteiger charge is -2.37. The van der Waals surface area contributed by atoms with Crippen LogP contribution in [0.15, 0.2) is 54.6 Å². The number of hydrogen-bond donors (Lipinski definition) is 1. The first-order valence-corrected chi connectivity index (χ1v) is 8.09. The smallest absolute Gasteiger partial charge is 0.337 e. The molecule has 0 spiro atoms. The molecular weight excluding hydrogens is 305 g/mol. The van der Waals surface area contributed by atoms with E-state index in [4.69, 9.17) is 4.74 Å². The summed E-state index contributed by atoms with van der Waals surface area (Å²) in [6, 6.07) is 12.6. The first kappa shape index (κ1) is 14.9. The molecule has 2 aromatic rings. The summed E-state index contributed by atoms with van der Waals surface area (Å²) in [4.78, 5) is 11.6. The van der Waals surface area contributed by atoms with Crippen LogP contribution in [0.3, 0.4) is 0 Å². The number of benzene rings is 2. The van der Waals surface area contributed by atoms with Crippen molar-refractivity contribution in [2.45, 2.75) is 18.4 Å². The molecule has 3 atom stereocenters. The molecule has 4 rings (SSSR count). The third kappa shape index (κ3) is 2.30. The first-order valence-electron chi connectivity index (χ1n) is 8.09. The zero-order valence-corrected chi connectivity index (χ0v) is 13.3. The van der Waals surface area contributed by atoms with Crippen LogP contribution in [-0.2, 0) is 4.74 Å². The van der Waals surface area contributed by atoms with Gasteiger partial charge in [-0.25, -0.2) is 9.18 Å². The van der Waals surface area contributed by atoms with Crippen LogP contribution in [0.4, 0.5) is 10.1 Å². The molecular formula is C20H18FNO2. The zero-order chi connectivity index (χ0) is 16.7. The monoisotopic (exact) mass is 323 g/mol. The predicted molar refractivity (Wildman–Crippen MR) is 90.5 cm³/mol. The van der Waals surface area contributed by atoms with Crippen LogP contribution in [0.1, 0.15) is 39.9 Å². The number of nitrogens with one attached hydrogen (secondary N) is 1. The molecule has 24 heavy (non-hydrogen) atoms. The summed E-state index contributed by atoms with van der Waals surface area (Å²) in [5.41, 5.74) is 3.18. The second-order valence-electron chi connectivity index (χ2n) is 6.29. The molecule has 3 unspecified atom stereocenters. The minimum absolute atomic E-state index is 0.0149. The van der Waals surface area contributed by atoms with Gasteiger partial charge < -0.3 is 10.1 Å². The summed E-state index contributed by atoms with van der Waals surface area (Å²) in [5, 5.41) is 3.38. The average Bonchev–Trinajstić information content (AvgIpc) is 3.11. The van der Waals surface area contributed by atoms with Crippen LogP contribution < -0.4 is 5.32 Å². The highest BCUT2D eigenvalue weighted by Crippen LogP contribution is 2.50. The lowest BCUT2D eigenvalue weighted by atomic mass is 9.77. The summed E-state index contributed by atoms with van der Waals surface area (Å²) < 4.78 is 19.0. The molecule has 1 N–H and O–H groups in total. The Kier molecular flexibility index (Phi) is 3.60. The van der Waals surface area contributed by atoms with Crippen molar-refractivity contribution in [3.8, 4) is 0 Å². The maximum absolute atomic E-state index is 14.3. The molecule has 0 radical (unpaired) electrons. The van der Waals surface area contributed by atoms with E-state index in [0.717, 1.165) is 17.5 Å². The van der Waals surface area contributed by atoms with E-state index in [1.165, 1.54) is 13.2 Å². The topological polar surface area (TPSA) is 38.3 Å². The van der Waals surface area contributed by atoms with Gasteiger partial charge in [0.2, 0.25) is 0 Å². The van der Waals surface area contributed by atoms with Gasteiger partial charge in [-0.2, -0.15) is 0 Å². The minimum atomic E-state index is -0.352. The number of fused-ring (bicyclic) bond motifs is 3. The Morgan fingerprint density at radius 2 is 2.00 bits per heavy atom. The number of ether oxygens (including phenoxy) is 1. The van der Waals surface area contributed by atoms with Gasteiger partial charge in [0.25, 0.3) is 0 Å². The first-order chi connectivity index (χ1) is 11.7. The van der Waals surface area contributed by atoms with Gasteiger partial charge in [-0.3, -0.25) is 0 Å². The van der Waals surface area contributed by atoms with Crippen molar-refractivity contribution in [2.75, 3.05) is 12.4 Å². The van der Waals surface area contributed by atoms with Gasteiger partial charge in [0, 0.05) is 5.92 Å². The summed E-state index contributed by atoms with van der Waals surface area (Å²) in [5.74, 6) is 0.00268. The van der Waals surface area contributed by atoms with Gasteiger partial charge in [0.15, 0.2) is 0 Å². The fourth-order valence-corrected chi connectivity index (χ4v) is 3.86. The summed E-state index contributed by atoms with van der Waals surface area (Å²) >= 11 is 0. The van der Waals surface area contributed by atoms with E-state index in [1.54, 1.807) is 18.2 Å². The molecule has 0 aromatic heterocycles. The summed E-state index contributed by atoms with van der Waals surface area (Å²) in [7, 11) is 1.37. The maximum Gasteiger partial charge on any atom is 0.337 e. The quantitative estimate of drug-likeness (QED) is 0.656.